The number of benzene rings is 1. The van der Waals surface area contributed by atoms with E-state index in [9.17, 15) is 4.79 Å². The summed E-state index contributed by atoms with van der Waals surface area (Å²) in [7, 11) is 0. The minimum atomic E-state index is -0.706. The zero-order valence-electron chi connectivity index (χ0n) is 7.10. The number of carbonyl (C=O) groups is 1. The molecule has 13 heavy (non-hydrogen) atoms. The van der Waals surface area contributed by atoms with Gasteiger partial charge in [0, 0.05) is 0 Å². The molecule has 0 radical (unpaired) electrons. The first kappa shape index (κ1) is 8.05. The van der Waals surface area contributed by atoms with Gasteiger partial charge < -0.3 is 5.11 Å². The fraction of sp³-hybridized carbons (Fsp3) is 0.182. The van der Waals surface area contributed by atoms with Crippen LogP contribution >= 0.6 is 0 Å². The van der Waals surface area contributed by atoms with E-state index in [1.165, 1.54) is 0 Å². The molecule has 0 saturated heterocycles. The summed E-state index contributed by atoms with van der Waals surface area (Å²) in [6, 6.07) is 9.80. The van der Waals surface area contributed by atoms with Crippen LogP contribution in [-0.4, -0.2) is 11.1 Å². The van der Waals surface area contributed by atoms with Crippen molar-refractivity contribution in [2.24, 2.45) is 5.92 Å². The van der Waals surface area contributed by atoms with Crippen LogP contribution in [0.3, 0.4) is 0 Å². The van der Waals surface area contributed by atoms with Crippen LogP contribution < -0.4 is 0 Å². The molecule has 1 unspecified atom stereocenters. The second kappa shape index (κ2) is 3.05. The van der Waals surface area contributed by atoms with Gasteiger partial charge in [0.05, 0.1) is 5.92 Å². The Labute approximate surface area is 76.5 Å². The molecule has 2 nitrogen and oxygen atoms in total. The number of aliphatic carboxylic acids is 1. The average Bonchev–Trinajstić information content (AvgIpc) is 2.86. The van der Waals surface area contributed by atoms with Crippen LogP contribution in [0.15, 0.2) is 35.9 Å². The molecule has 1 aromatic carbocycles. The Kier molecular flexibility index (Phi) is 1.89. The fourth-order valence-electron chi connectivity index (χ4n) is 1.35. The molecular formula is C11H10O2. The summed E-state index contributed by atoms with van der Waals surface area (Å²) in [6.07, 6.45) is 2.67. The Morgan fingerprint density at radius 2 is 2.08 bits per heavy atom. The normalized spacial score (nSPS) is 23.1. The van der Waals surface area contributed by atoms with Gasteiger partial charge in [0.25, 0.3) is 0 Å². The molecule has 1 aromatic rings. The summed E-state index contributed by atoms with van der Waals surface area (Å²) in [5.74, 6) is -0.928. The van der Waals surface area contributed by atoms with E-state index in [1.54, 1.807) is 0 Å². The summed E-state index contributed by atoms with van der Waals surface area (Å²) in [5.41, 5.74) is 2.11. The van der Waals surface area contributed by atoms with Crippen LogP contribution in [0.1, 0.15) is 12.0 Å². The lowest BCUT2D eigenvalue weighted by molar-refractivity contribution is -0.138. The van der Waals surface area contributed by atoms with Crippen molar-refractivity contribution in [2.45, 2.75) is 6.42 Å². The van der Waals surface area contributed by atoms with E-state index in [4.69, 9.17) is 5.11 Å². The lowest BCUT2D eigenvalue weighted by atomic mass is 10.2. The van der Waals surface area contributed by atoms with Crippen molar-refractivity contribution in [3.05, 3.63) is 41.5 Å². The first-order chi connectivity index (χ1) is 6.27. The van der Waals surface area contributed by atoms with E-state index < -0.39 is 5.97 Å². The first-order valence-corrected chi connectivity index (χ1v) is 4.25. The van der Waals surface area contributed by atoms with Gasteiger partial charge in [-0.05, 0) is 12.0 Å². The second-order valence-electron chi connectivity index (χ2n) is 3.22. The van der Waals surface area contributed by atoms with Gasteiger partial charge in [0.15, 0.2) is 0 Å². The Morgan fingerprint density at radius 3 is 2.62 bits per heavy atom. The van der Waals surface area contributed by atoms with Crippen molar-refractivity contribution in [3.63, 3.8) is 0 Å². The molecule has 0 bridgehead atoms. The average molecular weight is 174 g/mol. The number of hydrogen-bond acceptors (Lipinski definition) is 1. The molecule has 1 saturated carbocycles. The van der Waals surface area contributed by atoms with Gasteiger partial charge in [-0.3, -0.25) is 4.79 Å². The topological polar surface area (TPSA) is 37.3 Å². The summed E-state index contributed by atoms with van der Waals surface area (Å²) < 4.78 is 0. The Morgan fingerprint density at radius 1 is 1.38 bits per heavy atom. The molecule has 66 valence electrons. The molecule has 0 heterocycles. The van der Waals surface area contributed by atoms with Crippen molar-refractivity contribution in [2.75, 3.05) is 0 Å². The lowest BCUT2D eigenvalue weighted by Crippen LogP contribution is -1.95. The molecule has 0 aromatic heterocycles. The van der Waals surface area contributed by atoms with Gasteiger partial charge in [-0.25, -0.2) is 0 Å². The molecule has 2 heteroatoms. The highest BCUT2D eigenvalue weighted by atomic mass is 16.4. The van der Waals surface area contributed by atoms with Crippen LogP contribution in [0, 0.1) is 5.92 Å². The van der Waals surface area contributed by atoms with Crippen molar-refractivity contribution < 1.29 is 9.90 Å². The molecule has 1 N–H and O–H groups in total. The van der Waals surface area contributed by atoms with Crippen molar-refractivity contribution >= 4 is 12.0 Å². The summed E-state index contributed by atoms with van der Waals surface area (Å²) in [5, 5.41) is 8.66. The van der Waals surface area contributed by atoms with E-state index >= 15 is 0 Å². The highest BCUT2D eigenvalue weighted by Crippen LogP contribution is 2.39. The molecule has 0 amide bonds. The Balaban J connectivity index is 2.12. The standard InChI is InChI=1S/C11H10O2/c12-11(13)10-7-9(10)6-8-4-2-1-3-5-8/h1-6,10H,7H2,(H,12,13). The quantitative estimate of drug-likeness (QED) is 0.746. The zero-order valence-corrected chi connectivity index (χ0v) is 7.10. The maximum absolute atomic E-state index is 10.5. The highest BCUT2D eigenvalue weighted by Gasteiger charge is 2.36. The van der Waals surface area contributed by atoms with E-state index in [1.807, 2.05) is 36.4 Å². The largest absolute Gasteiger partial charge is 0.481 e. The molecule has 1 aliphatic carbocycles. The first-order valence-electron chi connectivity index (χ1n) is 4.25. The number of carboxylic acid groups (broad SMARTS) is 1. The molecule has 2 rings (SSSR count). The van der Waals surface area contributed by atoms with Crippen LogP contribution in [0.4, 0.5) is 0 Å². The van der Waals surface area contributed by atoms with Gasteiger partial charge in [-0.15, -0.1) is 0 Å². The minimum absolute atomic E-state index is 0.222. The SMILES string of the molecule is O=C(O)C1CC1=Cc1ccccc1. The van der Waals surface area contributed by atoms with Gasteiger partial charge in [-0.1, -0.05) is 42.0 Å². The maximum atomic E-state index is 10.5. The summed E-state index contributed by atoms with van der Waals surface area (Å²) in [4.78, 5) is 10.5. The van der Waals surface area contributed by atoms with Gasteiger partial charge in [-0.2, -0.15) is 0 Å². The third-order valence-electron chi connectivity index (χ3n) is 2.18. The van der Waals surface area contributed by atoms with Gasteiger partial charge in [0.1, 0.15) is 0 Å². The van der Waals surface area contributed by atoms with Crippen LogP contribution in [0.5, 0.6) is 0 Å². The molecule has 1 fully saturated rings. The van der Waals surface area contributed by atoms with E-state index in [0.717, 1.165) is 11.1 Å². The van der Waals surface area contributed by atoms with Gasteiger partial charge >= 0.3 is 5.97 Å². The predicted octanol–water partition coefficient (Wildman–Crippen LogP) is 2.17. The Bertz CT molecular complexity index is 352. The van der Waals surface area contributed by atoms with E-state index in [0.29, 0.717) is 6.42 Å². The molecule has 0 spiro atoms. The highest BCUT2D eigenvalue weighted by molar-refractivity contribution is 5.82. The van der Waals surface area contributed by atoms with E-state index in [2.05, 4.69) is 0 Å². The number of carboxylic acids is 1. The van der Waals surface area contributed by atoms with Crippen molar-refractivity contribution in [1.82, 2.24) is 0 Å². The third-order valence-corrected chi connectivity index (χ3v) is 2.18. The third kappa shape index (κ3) is 1.78. The zero-order chi connectivity index (χ0) is 9.26. The fourth-order valence-corrected chi connectivity index (χ4v) is 1.35. The number of rotatable bonds is 2. The smallest absolute Gasteiger partial charge is 0.310 e. The lowest BCUT2D eigenvalue weighted by Gasteiger charge is -1.89. The number of hydrogen-bond donors (Lipinski definition) is 1. The maximum Gasteiger partial charge on any atom is 0.310 e. The Hall–Kier alpha value is -1.57. The van der Waals surface area contributed by atoms with Crippen LogP contribution in [-0.2, 0) is 4.79 Å². The van der Waals surface area contributed by atoms with Crippen molar-refractivity contribution in [1.29, 1.82) is 0 Å². The van der Waals surface area contributed by atoms with Crippen LogP contribution in [0.25, 0.3) is 6.08 Å². The molecule has 1 atom stereocenters. The monoisotopic (exact) mass is 174 g/mol. The molecule has 0 aliphatic heterocycles. The molecule has 1 aliphatic rings. The molecular weight excluding hydrogens is 164 g/mol. The van der Waals surface area contributed by atoms with Crippen molar-refractivity contribution in [3.8, 4) is 0 Å². The van der Waals surface area contributed by atoms with Crippen LogP contribution in [0.2, 0.25) is 0 Å². The second-order valence-corrected chi connectivity index (χ2v) is 3.22. The van der Waals surface area contributed by atoms with E-state index in [-0.39, 0.29) is 5.92 Å². The minimum Gasteiger partial charge on any atom is -0.481 e. The summed E-state index contributed by atoms with van der Waals surface area (Å²) in [6.45, 7) is 0. The predicted molar refractivity (Wildman–Crippen MR) is 50.2 cm³/mol. The van der Waals surface area contributed by atoms with Gasteiger partial charge in [0.2, 0.25) is 0 Å². The summed E-state index contributed by atoms with van der Waals surface area (Å²) >= 11 is 0.